The summed E-state index contributed by atoms with van der Waals surface area (Å²) in [7, 11) is -3.43. The van der Waals surface area contributed by atoms with Crippen molar-refractivity contribution in [2.45, 2.75) is 25.8 Å². The lowest BCUT2D eigenvalue weighted by molar-refractivity contribution is 0.539. The molecule has 2 rings (SSSR count). The first kappa shape index (κ1) is 12.8. The summed E-state index contributed by atoms with van der Waals surface area (Å²) >= 11 is 7.05. The van der Waals surface area contributed by atoms with Crippen molar-refractivity contribution in [1.29, 1.82) is 0 Å². The molecule has 0 aliphatic heterocycles. The van der Waals surface area contributed by atoms with Crippen molar-refractivity contribution in [2.24, 2.45) is 5.73 Å². The van der Waals surface area contributed by atoms with Crippen LogP contribution in [-0.2, 0) is 15.6 Å². The molecule has 1 aliphatic carbocycles. The molecule has 0 aromatic carbocycles. The van der Waals surface area contributed by atoms with Gasteiger partial charge in [-0.3, -0.25) is 4.72 Å². The topological polar surface area (TPSA) is 85.1 Å². The Morgan fingerprint density at radius 1 is 1.59 bits per heavy atom. The monoisotopic (exact) mass is 293 g/mol. The van der Waals surface area contributed by atoms with Gasteiger partial charge in [0.25, 0.3) is 10.0 Å². The molecule has 1 aliphatic rings. The molecule has 0 atom stereocenters. The molecule has 94 valence electrons. The van der Waals surface area contributed by atoms with E-state index in [1.807, 2.05) is 0 Å². The second-order valence-corrected chi connectivity index (χ2v) is 7.68. The highest BCUT2D eigenvalue weighted by Gasteiger charge is 2.28. The van der Waals surface area contributed by atoms with Crippen molar-refractivity contribution in [1.82, 2.24) is 4.98 Å². The van der Waals surface area contributed by atoms with Crippen LogP contribution in [0.1, 0.15) is 26.0 Å². The van der Waals surface area contributed by atoms with Crippen LogP contribution in [0.25, 0.3) is 0 Å². The van der Waals surface area contributed by atoms with Crippen LogP contribution in [0.4, 0.5) is 5.13 Å². The molecule has 1 heterocycles. The predicted octanol–water partition coefficient (Wildman–Crippen LogP) is 2.02. The summed E-state index contributed by atoms with van der Waals surface area (Å²) in [6, 6.07) is 0. The molecule has 3 N–H and O–H groups in total. The first-order chi connectivity index (χ1) is 7.70. The summed E-state index contributed by atoms with van der Waals surface area (Å²) in [5, 5.41) is 0.247. The third-order valence-electron chi connectivity index (χ3n) is 2.13. The molecular formula is C9H12ClN3O2S2. The maximum atomic E-state index is 11.6. The first-order valence-corrected chi connectivity index (χ1v) is 7.55. The van der Waals surface area contributed by atoms with Crippen molar-refractivity contribution in [3.8, 4) is 0 Å². The van der Waals surface area contributed by atoms with Crippen molar-refractivity contribution in [3.63, 3.8) is 0 Å². The summed E-state index contributed by atoms with van der Waals surface area (Å²) in [5.74, 6) is 0. The van der Waals surface area contributed by atoms with Gasteiger partial charge in [0.05, 0.1) is 16.1 Å². The molecule has 1 aromatic rings. The van der Waals surface area contributed by atoms with E-state index in [1.54, 1.807) is 19.9 Å². The molecule has 0 saturated carbocycles. The van der Waals surface area contributed by atoms with Gasteiger partial charge in [-0.1, -0.05) is 29.0 Å². The third-order valence-corrected chi connectivity index (χ3v) is 4.92. The van der Waals surface area contributed by atoms with E-state index in [4.69, 9.17) is 17.3 Å². The Hall–Kier alpha value is -0.630. The van der Waals surface area contributed by atoms with Crippen LogP contribution in [0.3, 0.4) is 0 Å². The van der Waals surface area contributed by atoms with Gasteiger partial charge in [-0.2, -0.15) is 0 Å². The fraction of sp³-hybridized carbons (Fsp3) is 0.444. The molecule has 1 aromatic heterocycles. The van der Waals surface area contributed by atoms with Gasteiger partial charge in [0.15, 0.2) is 5.13 Å². The van der Waals surface area contributed by atoms with Crippen LogP contribution >= 0.6 is 22.9 Å². The standard InChI is InChI=1S/C9H12ClN3O2S2/c1-9(2,11)6-7(10)16-8(12-6)13-17(14,15)5-3-4-5/h3H,4,11H2,1-2H3,(H,12,13). The maximum absolute atomic E-state index is 11.6. The highest BCUT2D eigenvalue weighted by atomic mass is 35.5. The molecule has 0 unspecified atom stereocenters. The molecular weight excluding hydrogens is 282 g/mol. The quantitative estimate of drug-likeness (QED) is 0.889. The number of thiazole rings is 1. The molecule has 5 nitrogen and oxygen atoms in total. The van der Waals surface area contributed by atoms with Gasteiger partial charge in [-0.15, -0.1) is 0 Å². The van der Waals surface area contributed by atoms with E-state index in [2.05, 4.69) is 9.71 Å². The van der Waals surface area contributed by atoms with E-state index < -0.39 is 15.6 Å². The van der Waals surface area contributed by atoms with Gasteiger partial charge in [0, 0.05) is 6.42 Å². The summed E-state index contributed by atoms with van der Waals surface area (Å²) in [5.41, 5.74) is 5.67. The van der Waals surface area contributed by atoms with E-state index >= 15 is 0 Å². The lowest BCUT2D eigenvalue weighted by Gasteiger charge is -2.15. The van der Waals surface area contributed by atoms with Gasteiger partial charge in [0.2, 0.25) is 0 Å². The van der Waals surface area contributed by atoms with E-state index in [0.29, 0.717) is 21.4 Å². The molecule has 0 amide bonds. The SMILES string of the molecule is CC(C)(N)c1nc(NS(=O)(=O)C2=CC2)sc1Cl. The minimum atomic E-state index is -3.43. The summed E-state index contributed by atoms with van der Waals surface area (Å²) < 4.78 is 26.1. The average Bonchev–Trinajstić information content (AvgIpc) is 2.90. The minimum Gasteiger partial charge on any atom is -0.321 e. The van der Waals surface area contributed by atoms with E-state index in [1.165, 1.54) is 0 Å². The molecule has 0 radical (unpaired) electrons. The number of nitrogens with one attached hydrogen (secondary N) is 1. The Labute approximate surface area is 109 Å². The third kappa shape index (κ3) is 2.79. The Balaban J connectivity index is 2.27. The second kappa shape index (κ2) is 3.94. The van der Waals surface area contributed by atoms with Crippen LogP contribution in [0.2, 0.25) is 4.34 Å². The van der Waals surface area contributed by atoms with Crippen LogP contribution in [0, 0.1) is 0 Å². The average molecular weight is 294 g/mol. The molecule has 0 fully saturated rings. The number of aromatic nitrogens is 1. The Morgan fingerprint density at radius 2 is 2.18 bits per heavy atom. The smallest absolute Gasteiger partial charge is 0.259 e. The van der Waals surface area contributed by atoms with Gasteiger partial charge < -0.3 is 5.73 Å². The number of halogens is 1. The molecule has 0 bridgehead atoms. The number of sulfonamides is 1. The zero-order chi connectivity index (χ0) is 12.8. The van der Waals surface area contributed by atoms with Crippen LogP contribution in [-0.4, -0.2) is 13.4 Å². The highest BCUT2D eigenvalue weighted by molar-refractivity contribution is 7.97. The van der Waals surface area contributed by atoms with E-state index in [-0.39, 0.29) is 5.13 Å². The molecule has 17 heavy (non-hydrogen) atoms. The zero-order valence-electron chi connectivity index (χ0n) is 9.32. The minimum absolute atomic E-state index is 0.247. The van der Waals surface area contributed by atoms with E-state index in [9.17, 15) is 8.42 Å². The van der Waals surface area contributed by atoms with Crippen molar-refractivity contribution >= 4 is 38.1 Å². The maximum Gasteiger partial charge on any atom is 0.259 e. The van der Waals surface area contributed by atoms with Crippen molar-refractivity contribution in [2.75, 3.05) is 4.72 Å². The van der Waals surface area contributed by atoms with Crippen molar-refractivity contribution in [3.05, 3.63) is 21.0 Å². The summed E-state index contributed by atoms with van der Waals surface area (Å²) in [6.07, 6.45) is 2.13. The van der Waals surface area contributed by atoms with Crippen LogP contribution < -0.4 is 10.5 Å². The fourth-order valence-corrected chi connectivity index (χ4v) is 3.83. The number of hydrogen-bond acceptors (Lipinski definition) is 5. The van der Waals surface area contributed by atoms with Crippen molar-refractivity contribution < 1.29 is 8.42 Å². The number of nitrogens with two attached hydrogens (primary N) is 1. The van der Waals surface area contributed by atoms with Gasteiger partial charge >= 0.3 is 0 Å². The number of hydrogen-bond donors (Lipinski definition) is 2. The summed E-state index contributed by atoms with van der Waals surface area (Å²) in [4.78, 5) is 4.51. The number of rotatable bonds is 4. The molecule has 8 heteroatoms. The highest BCUT2D eigenvalue weighted by Crippen LogP contribution is 2.35. The number of nitrogens with zero attached hydrogens (tertiary/aromatic N) is 1. The van der Waals surface area contributed by atoms with Gasteiger partial charge in [-0.25, -0.2) is 13.4 Å². The Bertz CT molecular complexity index is 584. The second-order valence-electron chi connectivity index (χ2n) is 4.34. The molecule has 0 spiro atoms. The first-order valence-electron chi connectivity index (χ1n) is 4.88. The zero-order valence-corrected chi connectivity index (χ0v) is 11.7. The lowest BCUT2D eigenvalue weighted by atomic mass is 10.0. The molecule has 0 saturated heterocycles. The fourth-order valence-electron chi connectivity index (χ4n) is 1.18. The Morgan fingerprint density at radius 3 is 2.59 bits per heavy atom. The van der Waals surface area contributed by atoms with Crippen LogP contribution in [0.5, 0.6) is 0 Å². The lowest BCUT2D eigenvalue weighted by Crippen LogP contribution is -2.29. The van der Waals surface area contributed by atoms with E-state index in [0.717, 1.165) is 11.3 Å². The normalized spacial score (nSPS) is 15.6. The van der Waals surface area contributed by atoms with Gasteiger partial charge in [-0.05, 0) is 13.8 Å². The Kier molecular flexibility index (Phi) is 2.97. The van der Waals surface area contributed by atoms with Gasteiger partial charge in [0.1, 0.15) is 4.34 Å². The largest absolute Gasteiger partial charge is 0.321 e. The summed E-state index contributed by atoms with van der Waals surface area (Å²) in [6.45, 7) is 3.52. The van der Waals surface area contributed by atoms with Crippen LogP contribution in [0.15, 0.2) is 11.0 Å². The number of allylic oxidation sites excluding steroid dienone is 2. The number of anilines is 1. The predicted molar refractivity (Wildman–Crippen MR) is 69.6 cm³/mol.